The van der Waals surface area contributed by atoms with Crippen LogP contribution in [0.5, 0.6) is 0 Å². The Morgan fingerprint density at radius 2 is 2.25 bits per heavy atom. The quantitative estimate of drug-likeness (QED) is 0.917. The largest absolute Gasteiger partial charge is 0.371 e. The van der Waals surface area contributed by atoms with E-state index in [2.05, 4.69) is 51.3 Å². The summed E-state index contributed by atoms with van der Waals surface area (Å²) in [4.78, 5) is 2.49. The van der Waals surface area contributed by atoms with Crippen LogP contribution in [0, 0.1) is 12.8 Å². The first-order valence-electron chi connectivity index (χ1n) is 5.86. The molecule has 2 nitrogen and oxygen atoms in total. The molecule has 1 atom stereocenters. The lowest BCUT2D eigenvalue weighted by Gasteiger charge is -2.19. The van der Waals surface area contributed by atoms with Gasteiger partial charge in [0.2, 0.25) is 0 Å². The number of hydrogen-bond donors (Lipinski definition) is 1. The Morgan fingerprint density at radius 3 is 2.94 bits per heavy atom. The zero-order valence-corrected chi connectivity index (χ0v) is 11.5. The third kappa shape index (κ3) is 2.77. The highest BCUT2D eigenvalue weighted by Gasteiger charge is 2.22. The average Bonchev–Trinajstić information content (AvgIpc) is 2.65. The number of hydrogen-bond acceptors (Lipinski definition) is 2. The molecule has 1 N–H and O–H groups in total. The van der Waals surface area contributed by atoms with Gasteiger partial charge in [-0.2, -0.15) is 0 Å². The molecule has 0 spiro atoms. The molecule has 0 radical (unpaired) electrons. The Hall–Kier alpha value is -0.540. The Morgan fingerprint density at radius 1 is 1.44 bits per heavy atom. The summed E-state index contributed by atoms with van der Waals surface area (Å²) in [6, 6.07) is 6.64. The molecule has 88 valence electrons. The molecule has 0 aromatic heterocycles. The van der Waals surface area contributed by atoms with Crippen LogP contribution in [0.15, 0.2) is 22.7 Å². The zero-order chi connectivity index (χ0) is 11.5. The van der Waals surface area contributed by atoms with Crippen LogP contribution < -0.4 is 10.2 Å². The summed E-state index contributed by atoms with van der Waals surface area (Å²) >= 11 is 3.57. The van der Waals surface area contributed by atoms with Crippen LogP contribution in [0.25, 0.3) is 0 Å². The molecule has 0 amide bonds. The second-order valence-corrected chi connectivity index (χ2v) is 5.56. The number of anilines is 1. The van der Waals surface area contributed by atoms with Gasteiger partial charge in [0, 0.05) is 23.2 Å². The molecule has 16 heavy (non-hydrogen) atoms. The van der Waals surface area contributed by atoms with Gasteiger partial charge in [0.05, 0.1) is 0 Å². The maximum Gasteiger partial charge on any atom is 0.0380 e. The standard InChI is InChI=1S/C13H19BrN2/c1-10-5-12(14)7-13(6-10)16-4-3-11(9-16)8-15-2/h5-7,11,15H,3-4,8-9H2,1-2H3. The molecular formula is C13H19BrN2. The van der Waals surface area contributed by atoms with Crippen LogP contribution in [-0.2, 0) is 0 Å². The van der Waals surface area contributed by atoms with E-state index >= 15 is 0 Å². The lowest BCUT2D eigenvalue weighted by Crippen LogP contribution is -2.24. The van der Waals surface area contributed by atoms with E-state index in [1.54, 1.807) is 0 Å². The van der Waals surface area contributed by atoms with Crippen molar-refractivity contribution in [3.05, 3.63) is 28.2 Å². The Bertz CT molecular complexity index is 345. The highest BCUT2D eigenvalue weighted by atomic mass is 79.9. The van der Waals surface area contributed by atoms with Gasteiger partial charge in [0.1, 0.15) is 0 Å². The molecule has 2 rings (SSSR count). The fourth-order valence-electron chi connectivity index (χ4n) is 2.42. The number of nitrogens with zero attached hydrogens (tertiary/aromatic N) is 1. The SMILES string of the molecule is CNCC1CCN(c2cc(C)cc(Br)c2)C1. The van der Waals surface area contributed by atoms with E-state index < -0.39 is 0 Å². The van der Waals surface area contributed by atoms with Crippen molar-refractivity contribution in [3.8, 4) is 0 Å². The first-order valence-corrected chi connectivity index (χ1v) is 6.65. The predicted octanol–water partition coefficient (Wildman–Crippen LogP) is 2.80. The minimum atomic E-state index is 0.796. The molecule has 1 aliphatic rings. The zero-order valence-electron chi connectivity index (χ0n) is 9.96. The van der Waals surface area contributed by atoms with Crippen LogP contribution in [0.4, 0.5) is 5.69 Å². The first-order chi connectivity index (χ1) is 7.69. The second kappa shape index (κ2) is 5.19. The molecule has 0 saturated carbocycles. The smallest absolute Gasteiger partial charge is 0.0380 e. The molecule has 0 bridgehead atoms. The normalized spacial score (nSPS) is 20.4. The number of rotatable bonds is 3. The molecule has 1 saturated heterocycles. The van der Waals surface area contributed by atoms with Gasteiger partial charge in [-0.25, -0.2) is 0 Å². The van der Waals surface area contributed by atoms with E-state index in [9.17, 15) is 0 Å². The summed E-state index contributed by atoms with van der Waals surface area (Å²) in [6.07, 6.45) is 1.30. The van der Waals surface area contributed by atoms with Crippen molar-refractivity contribution in [2.45, 2.75) is 13.3 Å². The van der Waals surface area contributed by atoms with E-state index in [1.165, 1.54) is 35.2 Å². The van der Waals surface area contributed by atoms with Gasteiger partial charge in [0.25, 0.3) is 0 Å². The monoisotopic (exact) mass is 282 g/mol. The van der Waals surface area contributed by atoms with Gasteiger partial charge < -0.3 is 10.2 Å². The highest BCUT2D eigenvalue weighted by molar-refractivity contribution is 9.10. The van der Waals surface area contributed by atoms with Crippen LogP contribution in [0.2, 0.25) is 0 Å². The third-order valence-electron chi connectivity index (χ3n) is 3.17. The average molecular weight is 283 g/mol. The Kier molecular flexibility index (Phi) is 3.87. The van der Waals surface area contributed by atoms with Crippen molar-refractivity contribution in [1.82, 2.24) is 5.32 Å². The van der Waals surface area contributed by atoms with Gasteiger partial charge in [-0.15, -0.1) is 0 Å². The van der Waals surface area contributed by atoms with E-state index in [0.29, 0.717) is 0 Å². The van der Waals surface area contributed by atoms with Gasteiger partial charge in [-0.05, 0) is 56.6 Å². The molecule has 3 heteroatoms. The number of aryl methyl sites for hydroxylation is 1. The molecule has 0 aliphatic carbocycles. The maximum atomic E-state index is 3.57. The summed E-state index contributed by atoms with van der Waals surface area (Å²) in [5.74, 6) is 0.796. The fourth-order valence-corrected chi connectivity index (χ4v) is 3.02. The molecular weight excluding hydrogens is 264 g/mol. The maximum absolute atomic E-state index is 3.57. The second-order valence-electron chi connectivity index (χ2n) is 4.65. The van der Waals surface area contributed by atoms with Crippen LogP contribution >= 0.6 is 15.9 Å². The summed E-state index contributed by atoms with van der Waals surface area (Å²) in [5, 5.41) is 3.27. The molecule has 1 aromatic rings. The van der Waals surface area contributed by atoms with Gasteiger partial charge in [-0.3, -0.25) is 0 Å². The molecule has 1 aliphatic heterocycles. The minimum absolute atomic E-state index is 0.796. The lowest BCUT2D eigenvalue weighted by molar-refractivity contribution is 0.549. The summed E-state index contributed by atoms with van der Waals surface area (Å²) in [6.45, 7) is 5.64. The van der Waals surface area contributed by atoms with E-state index in [1.807, 2.05) is 7.05 Å². The summed E-state index contributed by atoms with van der Waals surface area (Å²) < 4.78 is 1.18. The van der Waals surface area contributed by atoms with Gasteiger partial charge in [0.15, 0.2) is 0 Å². The van der Waals surface area contributed by atoms with E-state index in [4.69, 9.17) is 0 Å². The Labute approximate surface area is 106 Å². The third-order valence-corrected chi connectivity index (χ3v) is 3.63. The van der Waals surface area contributed by atoms with Crippen molar-refractivity contribution < 1.29 is 0 Å². The number of benzene rings is 1. The van der Waals surface area contributed by atoms with Crippen molar-refractivity contribution in [2.75, 3.05) is 31.6 Å². The number of halogens is 1. The molecule has 1 aromatic carbocycles. The Balaban J connectivity index is 2.08. The van der Waals surface area contributed by atoms with Crippen molar-refractivity contribution >= 4 is 21.6 Å². The molecule has 1 fully saturated rings. The van der Waals surface area contributed by atoms with Gasteiger partial charge in [-0.1, -0.05) is 15.9 Å². The topological polar surface area (TPSA) is 15.3 Å². The van der Waals surface area contributed by atoms with Crippen molar-refractivity contribution in [3.63, 3.8) is 0 Å². The van der Waals surface area contributed by atoms with Crippen LogP contribution in [0.3, 0.4) is 0 Å². The lowest BCUT2D eigenvalue weighted by atomic mass is 10.1. The minimum Gasteiger partial charge on any atom is -0.371 e. The summed E-state index contributed by atoms with van der Waals surface area (Å²) in [5.41, 5.74) is 2.67. The highest BCUT2D eigenvalue weighted by Crippen LogP contribution is 2.27. The molecule has 1 unspecified atom stereocenters. The van der Waals surface area contributed by atoms with E-state index in [-0.39, 0.29) is 0 Å². The summed E-state index contributed by atoms with van der Waals surface area (Å²) in [7, 11) is 2.03. The van der Waals surface area contributed by atoms with E-state index in [0.717, 1.165) is 12.5 Å². The molecule has 1 heterocycles. The van der Waals surface area contributed by atoms with Crippen molar-refractivity contribution in [1.29, 1.82) is 0 Å². The predicted molar refractivity (Wildman–Crippen MR) is 73.1 cm³/mol. The first kappa shape index (κ1) is 11.9. The number of nitrogens with one attached hydrogen (secondary N) is 1. The van der Waals surface area contributed by atoms with Gasteiger partial charge >= 0.3 is 0 Å². The fraction of sp³-hybridized carbons (Fsp3) is 0.538. The van der Waals surface area contributed by atoms with Crippen LogP contribution in [-0.4, -0.2) is 26.7 Å². The van der Waals surface area contributed by atoms with Crippen LogP contribution in [0.1, 0.15) is 12.0 Å². The van der Waals surface area contributed by atoms with Crippen molar-refractivity contribution in [2.24, 2.45) is 5.92 Å².